The molecule has 0 unspecified atom stereocenters. The van der Waals surface area contributed by atoms with Crippen molar-refractivity contribution in [2.45, 2.75) is 46.6 Å². The first-order valence-electron chi connectivity index (χ1n) is 7.45. The first-order valence-corrected chi connectivity index (χ1v) is 7.45. The highest BCUT2D eigenvalue weighted by Crippen LogP contribution is 2.34. The first-order chi connectivity index (χ1) is 9.61. The van der Waals surface area contributed by atoms with Gasteiger partial charge in [0.05, 0.1) is 6.07 Å². The van der Waals surface area contributed by atoms with Gasteiger partial charge in [-0.15, -0.1) is 0 Å². The first kappa shape index (κ1) is 16.7. The number of nitriles is 1. The van der Waals surface area contributed by atoms with Crippen LogP contribution in [0.3, 0.4) is 0 Å². The lowest BCUT2D eigenvalue weighted by atomic mass is 9.78. The minimum atomic E-state index is -0.181. The third kappa shape index (κ3) is 4.94. The summed E-state index contributed by atoms with van der Waals surface area (Å²) in [5.74, 6) is -0.181. The van der Waals surface area contributed by atoms with Gasteiger partial charge in [0.2, 0.25) is 0 Å². The second-order valence-electron chi connectivity index (χ2n) is 5.55. The van der Waals surface area contributed by atoms with Crippen LogP contribution in [0.1, 0.15) is 45.6 Å². The zero-order valence-corrected chi connectivity index (χ0v) is 12.8. The summed E-state index contributed by atoms with van der Waals surface area (Å²) in [5.41, 5.74) is 1.34. The molecule has 20 heavy (non-hydrogen) atoms. The number of nitrogens with zero attached hydrogens (tertiary/aromatic N) is 2. The molecule has 0 spiro atoms. The Bertz CT molecular complexity index is 425. The van der Waals surface area contributed by atoms with Crippen molar-refractivity contribution in [1.29, 1.82) is 5.26 Å². The molecule has 0 amide bonds. The highest BCUT2D eigenvalue weighted by atomic mass is 19.1. The van der Waals surface area contributed by atoms with Gasteiger partial charge in [-0.25, -0.2) is 4.39 Å². The maximum atomic E-state index is 12.8. The summed E-state index contributed by atoms with van der Waals surface area (Å²) in [6.45, 7) is 9.12. The molecule has 2 rings (SSSR count). The Hall–Kier alpha value is -1.40. The summed E-state index contributed by atoms with van der Waals surface area (Å²) in [6.07, 6.45) is 2.79. The molecule has 110 valence electrons. The lowest BCUT2D eigenvalue weighted by Gasteiger charge is -2.38. The molecule has 0 atom stereocenters. The van der Waals surface area contributed by atoms with Gasteiger partial charge in [0.15, 0.2) is 0 Å². The third-order valence-corrected chi connectivity index (χ3v) is 3.89. The van der Waals surface area contributed by atoms with Gasteiger partial charge < -0.3 is 0 Å². The van der Waals surface area contributed by atoms with Gasteiger partial charge in [-0.2, -0.15) is 5.26 Å². The summed E-state index contributed by atoms with van der Waals surface area (Å²) in [4.78, 5) is 2.38. The topological polar surface area (TPSA) is 27.0 Å². The summed E-state index contributed by atoms with van der Waals surface area (Å²) < 4.78 is 12.8. The van der Waals surface area contributed by atoms with Crippen molar-refractivity contribution in [3.63, 3.8) is 0 Å². The Labute approximate surface area is 122 Å². The molecule has 0 radical (unpaired) electrons. The molecular weight excluding hydrogens is 251 g/mol. The van der Waals surface area contributed by atoms with Gasteiger partial charge in [0, 0.05) is 13.0 Å². The van der Waals surface area contributed by atoms with Crippen LogP contribution in [0.15, 0.2) is 24.3 Å². The van der Waals surface area contributed by atoms with Crippen molar-refractivity contribution in [1.82, 2.24) is 4.90 Å². The molecular formula is C17H25FN2. The molecule has 0 saturated carbocycles. The molecule has 0 bridgehead atoms. The largest absolute Gasteiger partial charge is 0.299 e. The number of hydrogen-bond acceptors (Lipinski definition) is 2. The summed E-state index contributed by atoms with van der Waals surface area (Å²) in [7, 11) is 0. The smallest absolute Gasteiger partial charge is 0.123 e. The fourth-order valence-corrected chi connectivity index (χ4v) is 2.47. The standard InChI is InChI=1S/C15H19FN2.C2H6/c1-15(6-9-17)7-10-18(11-8-15)12-13-2-4-14(16)5-3-13;1-2/h2-5H,6-8,10-12H2,1H3;1-2H3. The van der Waals surface area contributed by atoms with E-state index in [1.807, 2.05) is 26.0 Å². The van der Waals surface area contributed by atoms with E-state index in [9.17, 15) is 4.39 Å². The molecule has 0 aliphatic carbocycles. The van der Waals surface area contributed by atoms with Crippen LogP contribution >= 0.6 is 0 Å². The van der Waals surface area contributed by atoms with E-state index in [1.54, 1.807) is 0 Å². The van der Waals surface area contributed by atoms with E-state index in [4.69, 9.17) is 5.26 Å². The number of benzene rings is 1. The molecule has 2 nitrogen and oxygen atoms in total. The average molecular weight is 276 g/mol. The van der Waals surface area contributed by atoms with E-state index in [0.717, 1.165) is 38.0 Å². The van der Waals surface area contributed by atoms with Crippen molar-refractivity contribution in [3.8, 4) is 6.07 Å². The van der Waals surface area contributed by atoms with Gasteiger partial charge in [-0.1, -0.05) is 32.9 Å². The Morgan fingerprint density at radius 2 is 1.75 bits per heavy atom. The molecule has 0 aromatic heterocycles. The lowest BCUT2D eigenvalue weighted by Crippen LogP contribution is -2.38. The second kappa shape index (κ2) is 8.01. The molecule has 1 saturated heterocycles. The average Bonchev–Trinajstić information content (AvgIpc) is 2.46. The van der Waals surface area contributed by atoms with Gasteiger partial charge >= 0.3 is 0 Å². The summed E-state index contributed by atoms with van der Waals surface area (Å²) in [5, 5.41) is 8.81. The summed E-state index contributed by atoms with van der Waals surface area (Å²) in [6, 6.07) is 9.01. The predicted molar refractivity (Wildman–Crippen MR) is 80.6 cm³/mol. The van der Waals surface area contributed by atoms with Gasteiger partial charge in [-0.3, -0.25) is 4.90 Å². The molecule has 1 fully saturated rings. The maximum Gasteiger partial charge on any atom is 0.123 e. The van der Waals surface area contributed by atoms with E-state index in [-0.39, 0.29) is 11.2 Å². The van der Waals surface area contributed by atoms with E-state index < -0.39 is 0 Å². The van der Waals surface area contributed by atoms with Gasteiger partial charge in [0.25, 0.3) is 0 Å². The van der Waals surface area contributed by atoms with Crippen LogP contribution in [-0.4, -0.2) is 18.0 Å². The quantitative estimate of drug-likeness (QED) is 0.819. The van der Waals surface area contributed by atoms with Crippen molar-refractivity contribution in [2.24, 2.45) is 5.41 Å². The molecule has 1 aliphatic heterocycles. The lowest BCUT2D eigenvalue weighted by molar-refractivity contribution is 0.116. The molecule has 1 aliphatic rings. The van der Waals surface area contributed by atoms with Crippen LogP contribution in [0.25, 0.3) is 0 Å². The van der Waals surface area contributed by atoms with E-state index in [0.29, 0.717) is 6.42 Å². The zero-order chi connectivity index (χ0) is 15.0. The number of rotatable bonds is 3. The predicted octanol–water partition coefficient (Wildman–Crippen LogP) is 4.37. The fourth-order valence-electron chi connectivity index (χ4n) is 2.47. The Balaban J connectivity index is 0.000000956. The Kier molecular flexibility index (Phi) is 6.67. The minimum Gasteiger partial charge on any atom is -0.299 e. The van der Waals surface area contributed by atoms with Crippen molar-refractivity contribution in [2.75, 3.05) is 13.1 Å². The van der Waals surface area contributed by atoms with E-state index >= 15 is 0 Å². The van der Waals surface area contributed by atoms with Crippen LogP contribution < -0.4 is 0 Å². The van der Waals surface area contributed by atoms with Crippen molar-refractivity contribution >= 4 is 0 Å². The number of piperidine rings is 1. The molecule has 1 aromatic rings. The highest BCUT2D eigenvalue weighted by molar-refractivity contribution is 5.16. The van der Waals surface area contributed by atoms with Crippen LogP contribution in [-0.2, 0) is 6.54 Å². The van der Waals surface area contributed by atoms with Crippen LogP contribution in [0.2, 0.25) is 0 Å². The van der Waals surface area contributed by atoms with Crippen molar-refractivity contribution in [3.05, 3.63) is 35.6 Å². The fraction of sp³-hybridized carbons (Fsp3) is 0.588. The van der Waals surface area contributed by atoms with Crippen molar-refractivity contribution < 1.29 is 4.39 Å². The third-order valence-electron chi connectivity index (χ3n) is 3.89. The number of likely N-dealkylation sites (tertiary alicyclic amines) is 1. The normalized spacial score (nSPS) is 17.8. The summed E-state index contributed by atoms with van der Waals surface area (Å²) >= 11 is 0. The number of halogens is 1. The molecule has 3 heteroatoms. The highest BCUT2D eigenvalue weighted by Gasteiger charge is 2.29. The maximum absolute atomic E-state index is 12.8. The molecule has 1 heterocycles. The van der Waals surface area contributed by atoms with Crippen LogP contribution in [0.5, 0.6) is 0 Å². The minimum absolute atomic E-state index is 0.181. The van der Waals surface area contributed by atoms with Gasteiger partial charge in [-0.05, 0) is 49.0 Å². The van der Waals surface area contributed by atoms with E-state index in [1.165, 1.54) is 12.1 Å². The van der Waals surface area contributed by atoms with Gasteiger partial charge in [0.1, 0.15) is 5.82 Å². The second-order valence-corrected chi connectivity index (χ2v) is 5.55. The molecule has 1 aromatic carbocycles. The molecule has 0 N–H and O–H groups in total. The van der Waals surface area contributed by atoms with Crippen LogP contribution in [0, 0.1) is 22.6 Å². The Morgan fingerprint density at radius 1 is 1.20 bits per heavy atom. The zero-order valence-electron chi connectivity index (χ0n) is 12.8. The Morgan fingerprint density at radius 3 is 2.25 bits per heavy atom. The number of hydrogen-bond donors (Lipinski definition) is 0. The van der Waals surface area contributed by atoms with Crippen LogP contribution in [0.4, 0.5) is 4.39 Å². The SMILES string of the molecule is CC.CC1(CC#N)CCN(Cc2ccc(F)cc2)CC1. The monoisotopic (exact) mass is 276 g/mol. The van der Waals surface area contributed by atoms with E-state index in [2.05, 4.69) is 17.9 Å².